The average molecular weight is 334 g/mol. The molecular weight excluding hydrogens is 318 g/mol. The van der Waals surface area contributed by atoms with Gasteiger partial charge in [-0.15, -0.1) is 0 Å². The Labute approximate surface area is 138 Å². The second-order valence-electron chi connectivity index (χ2n) is 4.13. The Bertz CT molecular complexity index is 790. The van der Waals surface area contributed by atoms with Gasteiger partial charge in [-0.25, -0.2) is 0 Å². The van der Waals surface area contributed by atoms with Crippen molar-refractivity contribution in [3.63, 3.8) is 0 Å². The lowest BCUT2D eigenvalue weighted by molar-refractivity contribution is -0.117. The van der Waals surface area contributed by atoms with Crippen LogP contribution in [0.4, 0.5) is 0 Å². The van der Waals surface area contributed by atoms with E-state index in [1.807, 2.05) is 0 Å². The number of carbonyl (C=O) groups excluding carboxylic acids is 1. The molecule has 1 amide bonds. The Kier molecular flexibility index (Phi) is 5.25. The topological polar surface area (TPSA) is 98.1 Å². The van der Waals surface area contributed by atoms with E-state index in [0.717, 1.165) is 11.5 Å². The molecule has 1 aromatic carbocycles. The minimum atomic E-state index is -0.291. The molecule has 2 rings (SSSR count). The quantitative estimate of drug-likeness (QED) is 0.511. The first-order valence-corrected chi connectivity index (χ1v) is 7.26. The summed E-state index contributed by atoms with van der Waals surface area (Å²) < 4.78 is 16.8. The van der Waals surface area contributed by atoms with Crippen LogP contribution in [0.5, 0.6) is 10.9 Å². The van der Waals surface area contributed by atoms with E-state index in [1.54, 1.807) is 24.3 Å². The normalized spacial score (nSPS) is 12.6. The minimum absolute atomic E-state index is 0.118. The van der Waals surface area contributed by atoms with Crippen LogP contribution in [0.25, 0.3) is 0 Å². The van der Waals surface area contributed by atoms with Crippen molar-refractivity contribution in [2.75, 3.05) is 14.2 Å². The van der Waals surface area contributed by atoms with Crippen LogP contribution in [-0.2, 0) is 9.63 Å². The number of amides is 1. The van der Waals surface area contributed by atoms with Crippen LogP contribution in [0.2, 0.25) is 0 Å². The Balaban J connectivity index is 2.44. The third-order valence-corrected chi connectivity index (χ3v) is 3.07. The zero-order chi connectivity index (χ0) is 17.5. The smallest absolute Gasteiger partial charge is 0.298 e. The molecule has 120 valence electrons. The summed E-state index contributed by atoms with van der Waals surface area (Å²) in [6.45, 7) is 1.37. The number of rotatable bonds is 5. The Morgan fingerprint density at radius 2 is 2.22 bits per heavy atom. The number of oxime groups is 1. The first kappa shape index (κ1) is 15.1. The molecule has 0 saturated carbocycles. The molecule has 0 saturated heterocycles. The third-order valence-electron chi connectivity index (χ3n) is 2.57. The Hall–Kier alpha value is -2.81. The van der Waals surface area contributed by atoms with Gasteiger partial charge in [-0.2, -0.15) is 9.36 Å². The van der Waals surface area contributed by atoms with E-state index in [4.69, 9.17) is 10.9 Å². The summed E-state index contributed by atoms with van der Waals surface area (Å²) in [5, 5.41) is 6.77. The zero-order valence-corrected chi connectivity index (χ0v) is 13.5. The molecule has 0 aliphatic carbocycles. The number of nitrogens with one attached hydrogen (secondary N) is 1. The van der Waals surface area contributed by atoms with E-state index >= 15 is 0 Å². The highest BCUT2D eigenvalue weighted by atomic mass is 32.1. The molecule has 0 radical (unpaired) electrons. The molecule has 23 heavy (non-hydrogen) atoms. The fourth-order valence-electron chi connectivity index (χ4n) is 1.73. The Morgan fingerprint density at radius 1 is 1.43 bits per heavy atom. The van der Waals surface area contributed by atoms with E-state index in [1.165, 1.54) is 21.1 Å². The fraction of sp³-hybridized carbons (Fsp3) is 0.214. The van der Waals surface area contributed by atoms with Gasteiger partial charge in [0.25, 0.3) is 5.19 Å². The van der Waals surface area contributed by atoms with E-state index in [-0.39, 0.29) is 23.2 Å². The maximum atomic E-state index is 11.4. The van der Waals surface area contributed by atoms with E-state index in [2.05, 4.69) is 24.8 Å². The van der Waals surface area contributed by atoms with Gasteiger partial charge >= 0.3 is 0 Å². The number of amidine groups is 1. The van der Waals surface area contributed by atoms with Crippen LogP contribution in [0.3, 0.4) is 0 Å². The standard InChI is InChI=1S/C14H15N5O3S/c1-9(20)18-13(15-2)12(19-21-3)10-6-4-5-7-11(10)22-14-16-8-17-23-14/h4-8H,1-3H3,(H,15,18,20)/i8D. The predicted molar refractivity (Wildman–Crippen MR) is 87.1 cm³/mol. The number of ether oxygens (including phenoxy) is 1. The molecule has 8 nitrogen and oxygen atoms in total. The highest BCUT2D eigenvalue weighted by Gasteiger charge is 2.19. The number of benzene rings is 1. The Morgan fingerprint density at radius 3 is 2.83 bits per heavy atom. The first-order chi connectivity index (χ1) is 11.5. The van der Waals surface area contributed by atoms with Crippen molar-refractivity contribution < 1.29 is 15.7 Å². The number of aromatic nitrogens is 2. The van der Waals surface area contributed by atoms with Crippen molar-refractivity contribution in [2.24, 2.45) is 10.1 Å². The maximum absolute atomic E-state index is 11.4. The molecule has 2 aromatic rings. The lowest BCUT2D eigenvalue weighted by atomic mass is 10.1. The SMILES string of the molecule is [2H]c1nsc(Oc2ccccc2C(=NOC)C(=NC)NC(C)=O)n1. The maximum Gasteiger partial charge on any atom is 0.298 e. The average Bonchev–Trinajstić information content (AvgIpc) is 2.96. The van der Waals surface area contributed by atoms with Crippen LogP contribution in [0.15, 0.2) is 40.7 Å². The highest BCUT2D eigenvalue weighted by molar-refractivity contribution is 7.07. The summed E-state index contributed by atoms with van der Waals surface area (Å²) in [4.78, 5) is 24.1. The van der Waals surface area contributed by atoms with E-state index < -0.39 is 0 Å². The highest BCUT2D eigenvalue weighted by Crippen LogP contribution is 2.26. The molecule has 0 unspecified atom stereocenters. The van der Waals surface area contributed by atoms with Crippen LogP contribution in [0, 0.1) is 0 Å². The van der Waals surface area contributed by atoms with Crippen LogP contribution in [-0.4, -0.2) is 41.0 Å². The van der Waals surface area contributed by atoms with Gasteiger partial charge in [-0.1, -0.05) is 17.3 Å². The summed E-state index contributed by atoms with van der Waals surface area (Å²) in [5.41, 5.74) is 0.830. The number of hydrogen-bond donors (Lipinski definition) is 1. The van der Waals surface area contributed by atoms with Gasteiger partial charge in [-0.3, -0.25) is 9.79 Å². The van der Waals surface area contributed by atoms with Gasteiger partial charge in [-0.05, 0) is 12.1 Å². The lowest BCUT2D eigenvalue weighted by Gasteiger charge is -2.12. The van der Waals surface area contributed by atoms with Crippen molar-refractivity contribution >= 4 is 29.0 Å². The van der Waals surface area contributed by atoms with Gasteiger partial charge in [0.05, 0.1) is 5.56 Å². The number of aliphatic imine (C=N–C) groups is 1. The molecule has 9 heteroatoms. The number of hydrogen-bond acceptors (Lipinski definition) is 8. The van der Waals surface area contributed by atoms with Gasteiger partial charge < -0.3 is 14.9 Å². The van der Waals surface area contributed by atoms with Crippen molar-refractivity contribution in [2.45, 2.75) is 6.92 Å². The van der Waals surface area contributed by atoms with Crippen molar-refractivity contribution in [3.8, 4) is 10.9 Å². The molecule has 0 fully saturated rings. The molecule has 1 aromatic heterocycles. The second-order valence-corrected chi connectivity index (χ2v) is 4.85. The summed E-state index contributed by atoms with van der Waals surface area (Å²) in [6.07, 6.45) is -0.118. The van der Waals surface area contributed by atoms with Crippen LogP contribution < -0.4 is 10.1 Å². The molecular formula is C14H15N5O3S. The fourth-order valence-corrected chi connectivity index (χ4v) is 2.10. The third kappa shape index (κ3) is 4.33. The predicted octanol–water partition coefficient (Wildman–Crippen LogP) is 1.85. The molecule has 0 aliphatic heterocycles. The monoisotopic (exact) mass is 334 g/mol. The van der Waals surface area contributed by atoms with Gasteiger partial charge in [0, 0.05) is 25.5 Å². The van der Waals surface area contributed by atoms with E-state index in [9.17, 15) is 4.79 Å². The van der Waals surface area contributed by atoms with Crippen molar-refractivity contribution in [3.05, 3.63) is 36.1 Å². The zero-order valence-electron chi connectivity index (χ0n) is 13.7. The molecule has 0 atom stereocenters. The van der Waals surface area contributed by atoms with Crippen molar-refractivity contribution in [1.82, 2.24) is 14.7 Å². The van der Waals surface area contributed by atoms with Gasteiger partial charge in [0.1, 0.15) is 20.5 Å². The minimum Gasteiger partial charge on any atom is -0.429 e. The molecule has 1 N–H and O–H groups in total. The molecule has 1 heterocycles. The number of para-hydroxylation sites is 1. The van der Waals surface area contributed by atoms with Crippen LogP contribution >= 0.6 is 11.5 Å². The second kappa shape index (κ2) is 7.99. The summed E-state index contributed by atoms with van der Waals surface area (Å²) >= 11 is 0.961. The number of carbonyl (C=O) groups is 1. The first-order valence-electron chi connectivity index (χ1n) is 6.98. The van der Waals surface area contributed by atoms with E-state index in [0.29, 0.717) is 17.0 Å². The van der Waals surface area contributed by atoms with Gasteiger partial charge in [0.2, 0.25) is 5.91 Å². The summed E-state index contributed by atoms with van der Waals surface area (Å²) in [5.74, 6) is 0.357. The molecule has 0 spiro atoms. The van der Waals surface area contributed by atoms with Crippen molar-refractivity contribution in [1.29, 1.82) is 0 Å². The number of nitrogens with zero attached hydrogens (tertiary/aromatic N) is 4. The molecule has 0 bridgehead atoms. The van der Waals surface area contributed by atoms with Crippen LogP contribution in [0.1, 0.15) is 13.9 Å². The molecule has 0 aliphatic rings. The summed E-state index contributed by atoms with van der Waals surface area (Å²) in [7, 11) is 2.92. The summed E-state index contributed by atoms with van der Waals surface area (Å²) in [6, 6.07) is 6.99. The largest absolute Gasteiger partial charge is 0.429 e. The lowest BCUT2D eigenvalue weighted by Crippen LogP contribution is -2.35. The van der Waals surface area contributed by atoms with Gasteiger partial charge in [0.15, 0.2) is 11.5 Å².